The summed E-state index contributed by atoms with van der Waals surface area (Å²) in [5, 5.41) is -1.31. The zero-order valence-electron chi connectivity index (χ0n) is 7.27. The van der Waals surface area contributed by atoms with Crippen molar-refractivity contribution in [3.05, 3.63) is 0 Å². The molecule has 0 atom stereocenters. The van der Waals surface area contributed by atoms with E-state index in [0.29, 0.717) is 6.26 Å². The van der Waals surface area contributed by atoms with Crippen LogP contribution in [0.2, 0.25) is 0 Å². The first-order chi connectivity index (χ1) is 5.17. The summed E-state index contributed by atoms with van der Waals surface area (Å²) in [5.41, 5.74) is 0. The van der Waals surface area contributed by atoms with Gasteiger partial charge in [0.05, 0.1) is 6.54 Å². The van der Waals surface area contributed by atoms with E-state index in [9.17, 15) is 17.2 Å². The molecule has 0 fully saturated rings. The van der Waals surface area contributed by atoms with Crippen LogP contribution in [0.1, 0.15) is 13.8 Å². The van der Waals surface area contributed by atoms with E-state index in [1.807, 2.05) is 0 Å². The number of halogens is 2. The monoisotopic (exact) mass is 201 g/mol. The van der Waals surface area contributed by atoms with Crippen molar-refractivity contribution < 1.29 is 17.2 Å². The molecule has 0 rings (SSSR count). The van der Waals surface area contributed by atoms with Gasteiger partial charge in [0.1, 0.15) is 0 Å². The molecule has 0 aliphatic rings. The topological polar surface area (TPSA) is 46.2 Å². The summed E-state index contributed by atoms with van der Waals surface area (Å²) in [6.07, 6.45) is 0.523. The van der Waals surface area contributed by atoms with E-state index >= 15 is 0 Å². The Balaban J connectivity index is 4.25. The minimum Gasteiger partial charge on any atom is -0.308 e. The van der Waals surface area contributed by atoms with Gasteiger partial charge in [-0.2, -0.15) is 8.78 Å². The maximum atomic E-state index is 12.6. The van der Waals surface area contributed by atoms with Crippen LogP contribution in [0.25, 0.3) is 0 Å². The van der Waals surface area contributed by atoms with Crippen molar-refractivity contribution in [2.24, 2.45) is 0 Å². The van der Waals surface area contributed by atoms with Crippen LogP contribution in [0.4, 0.5) is 8.78 Å². The van der Waals surface area contributed by atoms with Crippen LogP contribution in [0.3, 0.4) is 0 Å². The molecule has 0 unspecified atom stereocenters. The molecule has 12 heavy (non-hydrogen) atoms. The Bertz CT molecular complexity index is 236. The average molecular weight is 201 g/mol. The van der Waals surface area contributed by atoms with Crippen LogP contribution in [-0.2, 0) is 9.84 Å². The lowest BCUT2D eigenvalue weighted by molar-refractivity contribution is 0.0896. The minimum atomic E-state index is -4.29. The van der Waals surface area contributed by atoms with Crippen LogP contribution < -0.4 is 5.32 Å². The minimum absolute atomic E-state index is 0.155. The molecule has 0 aromatic heterocycles. The fourth-order valence-electron chi connectivity index (χ4n) is 0.454. The molecule has 0 aromatic rings. The summed E-state index contributed by atoms with van der Waals surface area (Å²) in [6.45, 7) is 2.50. The Morgan fingerprint density at radius 3 is 2.08 bits per heavy atom. The van der Waals surface area contributed by atoms with Crippen molar-refractivity contribution in [2.45, 2.75) is 25.1 Å². The van der Waals surface area contributed by atoms with Crippen molar-refractivity contribution in [2.75, 3.05) is 12.8 Å². The van der Waals surface area contributed by atoms with Gasteiger partial charge in [-0.1, -0.05) is 13.8 Å². The zero-order valence-corrected chi connectivity index (χ0v) is 8.08. The first kappa shape index (κ1) is 11.8. The molecule has 6 heteroatoms. The van der Waals surface area contributed by atoms with Crippen molar-refractivity contribution in [3.63, 3.8) is 0 Å². The number of sulfone groups is 1. The lowest BCUT2D eigenvalue weighted by Crippen LogP contribution is -2.41. The Labute approximate surface area is 71.1 Å². The summed E-state index contributed by atoms with van der Waals surface area (Å²) >= 11 is 0. The Hall–Kier alpha value is -0.230. The molecule has 0 amide bonds. The molecule has 0 saturated carbocycles. The second-order valence-electron chi connectivity index (χ2n) is 2.95. The number of hydrogen-bond donors (Lipinski definition) is 1. The average Bonchev–Trinajstić information content (AvgIpc) is 1.81. The quantitative estimate of drug-likeness (QED) is 0.725. The van der Waals surface area contributed by atoms with E-state index in [1.54, 1.807) is 13.8 Å². The Morgan fingerprint density at radius 2 is 1.83 bits per heavy atom. The number of rotatable bonds is 4. The van der Waals surface area contributed by atoms with Gasteiger partial charge in [-0.15, -0.1) is 0 Å². The third-order valence-electron chi connectivity index (χ3n) is 1.26. The van der Waals surface area contributed by atoms with Crippen LogP contribution in [-0.4, -0.2) is 32.5 Å². The van der Waals surface area contributed by atoms with Crippen molar-refractivity contribution >= 4 is 9.84 Å². The molecule has 0 aliphatic heterocycles. The number of alkyl halides is 2. The Morgan fingerprint density at radius 1 is 1.42 bits per heavy atom. The normalized spacial score (nSPS) is 13.8. The molecule has 3 nitrogen and oxygen atoms in total. The molecular formula is C6H13F2NO2S. The largest absolute Gasteiger partial charge is 0.357 e. The summed E-state index contributed by atoms with van der Waals surface area (Å²) in [5.74, 6) is 0. The van der Waals surface area contributed by atoms with Crippen molar-refractivity contribution in [1.29, 1.82) is 0 Å². The fraction of sp³-hybridized carbons (Fsp3) is 1.00. The number of nitrogens with one attached hydrogen (secondary N) is 1. The van der Waals surface area contributed by atoms with E-state index in [4.69, 9.17) is 0 Å². The third kappa shape index (κ3) is 3.44. The summed E-state index contributed by atoms with van der Waals surface area (Å²) in [4.78, 5) is 0. The predicted octanol–water partition coefficient (Wildman–Crippen LogP) is 0.622. The molecule has 0 aliphatic carbocycles. The standard InChI is InChI=1S/C6H13F2NO2S/c1-5(2)9-4-6(7,8)12(3,10)11/h5,9H,4H2,1-3H3. The van der Waals surface area contributed by atoms with Gasteiger partial charge in [0, 0.05) is 12.3 Å². The fourth-order valence-corrected chi connectivity index (χ4v) is 0.800. The van der Waals surface area contributed by atoms with Crippen LogP contribution in [0.5, 0.6) is 0 Å². The van der Waals surface area contributed by atoms with Gasteiger partial charge in [0.2, 0.25) is 9.84 Å². The van der Waals surface area contributed by atoms with Gasteiger partial charge < -0.3 is 5.32 Å². The molecule has 0 spiro atoms. The van der Waals surface area contributed by atoms with E-state index < -0.39 is 21.6 Å². The lowest BCUT2D eigenvalue weighted by atomic mass is 10.4. The maximum absolute atomic E-state index is 12.6. The summed E-state index contributed by atoms with van der Waals surface area (Å²) < 4.78 is 46.2. The molecule has 0 heterocycles. The van der Waals surface area contributed by atoms with Crippen LogP contribution in [0.15, 0.2) is 0 Å². The maximum Gasteiger partial charge on any atom is 0.357 e. The van der Waals surface area contributed by atoms with Gasteiger partial charge >= 0.3 is 5.25 Å². The van der Waals surface area contributed by atoms with E-state index in [0.717, 1.165) is 0 Å². The van der Waals surface area contributed by atoms with Crippen LogP contribution in [0, 0.1) is 0 Å². The van der Waals surface area contributed by atoms with Gasteiger partial charge in [-0.3, -0.25) is 0 Å². The molecule has 0 aromatic carbocycles. The zero-order chi connectivity index (χ0) is 9.99. The van der Waals surface area contributed by atoms with Crippen molar-refractivity contribution in [3.8, 4) is 0 Å². The van der Waals surface area contributed by atoms with Crippen molar-refractivity contribution in [1.82, 2.24) is 5.32 Å². The molecule has 0 bridgehead atoms. The van der Waals surface area contributed by atoms with E-state index in [2.05, 4.69) is 5.32 Å². The third-order valence-corrected chi connectivity index (χ3v) is 2.49. The lowest BCUT2D eigenvalue weighted by Gasteiger charge is -2.16. The molecule has 0 radical (unpaired) electrons. The highest BCUT2D eigenvalue weighted by atomic mass is 32.2. The van der Waals surface area contributed by atoms with Gasteiger partial charge in [0.15, 0.2) is 0 Å². The van der Waals surface area contributed by atoms with Gasteiger partial charge in [-0.05, 0) is 0 Å². The van der Waals surface area contributed by atoms with E-state index in [1.165, 1.54) is 0 Å². The summed E-state index contributed by atoms with van der Waals surface area (Å²) in [7, 11) is -4.29. The SMILES string of the molecule is CC(C)NCC(F)(F)S(C)(=O)=O. The first-order valence-corrected chi connectivity index (χ1v) is 5.37. The van der Waals surface area contributed by atoms with Gasteiger partial charge in [-0.25, -0.2) is 8.42 Å². The highest BCUT2D eigenvalue weighted by molar-refractivity contribution is 7.91. The second kappa shape index (κ2) is 3.66. The highest BCUT2D eigenvalue weighted by Gasteiger charge is 2.40. The molecule has 0 saturated heterocycles. The first-order valence-electron chi connectivity index (χ1n) is 3.47. The van der Waals surface area contributed by atoms with Crippen LogP contribution >= 0.6 is 0 Å². The highest BCUT2D eigenvalue weighted by Crippen LogP contribution is 2.19. The molecule has 1 N–H and O–H groups in total. The molecular weight excluding hydrogens is 188 g/mol. The summed E-state index contributed by atoms with van der Waals surface area (Å²) in [6, 6.07) is -0.155. The predicted molar refractivity (Wildman–Crippen MR) is 42.9 cm³/mol. The van der Waals surface area contributed by atoms with E-state index in [-0.39, 0.29) is 6.04 Å². The Kier molecular flexibility index (Phi) is 3.59. The van der Waals surface area contributed by atoms with Gasteiger partial charge in [0.25, 0.3) is 0 Å². The molecule has 74 valence electrons. The number of hydrogen-bond acceptors (Lipinski definition) is 3. The second-order valence-corrected chi connectivity index (χ2v) is 5.09. The smallest absolute Gasteiger partial charge is 0.308 e.